The SMILES string of the molecule is CCC1=C(Nc2ccc3ccccc3c2)C=CC[C@@H]1CC. The molecule has 1 heteroatoms. The van der Waals surface area contributed by atoms with Crippen LogP contribution in [0.4, 0.5) is 5.69 Å². The molecule has 0 aliphatic heterocycles. The number of rotatable bonds is 4. The lowest BCUT2D eigenvalue weighted by molar-refractivity contribution is 0.571. The van der Waals surface area contributed by atoms with Crippen molar-refractivity contribution in [1.82, 2.24) is 0 Å². The van der Waals surface area contributed by atoms with Gasteiger partial charge in [-0.2, -0.15) is 0 Å². The first-order chi connectivity index (χ1) is 10.3. The van der Waals surface area contributed by atoms with Gasteiger partial charge in [-0.1, -0.05) is 50.3 Å². The molecular weight excluding hydrogens is 254 g/mol. The van der Waals surface area contributed by atoms with Crippen molar-refractivity contribution in [3.8, 4) is 0 Å². The fourth-order valence-electron chi connectivity index (χ4n) is 3.26. The minimum absolute atomic E-state index is 0.697. The topological polar surface area (TPSA) is 12.0 Å². The first-order valence-electron chi connectivity index (χ1n) is 7.97. The predicted molar refractivity (Wildman–Crippen MR) is 92.4 cm³/mol. The third-order valence-electron chi connectivity index (χ3n) is 4.45. The quantitative estimate of drug-likeness (QED) is 0.733. The molecule has 2 aromatic rings. The number of anilines is 1. The third kappa shape index (κ3) is 2.87. The lowest BCUT2D eigenvalue weighted by Crippen LogP contribution is -2.12. The van der Waals surface area contributed by atoms with E-state index in [9.17, 15) is 0 Å². The van der Waals surface area contributed by atoms with E-state index in [1.54, 1.807) is 5.57 Å². The summed E-state index contributed by atoms with van der Waals surface area (Å²) in [7, 11) is 0. The molecule has 0 aromatic heterocycles. The van der Waals surface area contributed by atoms with E-state index in [-0.39, 0.29) is 0 Å². The van der Waals surface area contributed by atoms with E-state index in [1.807, 2.05) is 0 Å². The van der Waals surface area contributed by atoms with Crippen LogP contribution in [0.5, 0.6) is 0 Å². The van der Waals surface area contributed by atoms with E-state index in [4.69, 9.17) is 0 Å². The van der Waals surface area contributed by atoms with Gasteiger partial charge >= 0.3 is 0 Å². The highest BCUT2D eigenvalue weighted by atomic mass is 14.9. The molecule has 3 rings (SSSR count). The molecule has 0 saturated heterocycles. The number of nitrogens with one attached hydrogen (secondary N) is 1. The zero-order valence-electron chi connectivity index (χ0n) is 12.9. The second-order valence-electron chi connectivity index (χ2n) is 5.72. The summed E-state index contributed by atoms with van der Waals surface area (Å²) in [6, 6.07) is 15.1. The van der Waals surface area contributed by atoms with Gasteiger partial charge in [-0.3, -0.25) is 0 Å². The minimum Gasteiger partial charge on any atom is -0.356 e. The van der Waals surface area contributed by atoms with Crippen molar-refractivity contribution in [2.45, 2.75) is 33.1 Å². The van der Waals surface area contributed by atoms with Crippen LogP contribution in [0.1, 0.15) is 33.1 Å². The highest BCUT2D eigenvalue weighted by molar-refractivity contribution is 5.86. The molecule has 1 nitrogen and oxygen atoms in total. The first-order valence-corrected chi connectivity index (χ1v) is 7.97. The first kappa shape index (κ1) is 13.9. The molecule has 1 aliphatic carbocycles. The van der Waals surface area contributed by atoms with Gasteiger partial charge in [-0.05, 0) is 59.7 Å². The number of hydrogen-bond acceptors (Lipinski definition) is 1. The van der Waals surface area contributed by atoms with Gasteiger partial charge < -0.3 is 5.32 Å². The summed E-state index contributed by atoms with van der Waals surface area (Å²) in [5, 5.41) is 6.21. The number of benzene rings is 2. The molecule has 1 atom stereocenters. The fourth-order valence-corrected chi connectivity index (χ4v) is 3.26. The van der Waals surface area contributed by atoms with Gasteiger partial charge in [0.1, 0.15) is 0 Å². The normalized spacial score (nSPS) is 18.3. The zero-order valence-corrected chi connectivity index (χ0v) is 12.9. The van der Waals surface area contributed by atoms with E-state index in [2.05, 4.69) is 73.8 Å². The molecule has 0 radical (unpaired) electrons. The Hall–Kier alpha value is -2.02. The van der Waals surface area contributed by atoms with Crippen molar-refractivity contribution < 1.29 is 0 Å². The van der Waals surface area contributed by atoms with Crippen molar-refractivity contribution >= 4 is 16.5 Å². The maximum absolute atomic E-state index is 3.63. The Balaban J connectivity index is 1.93. The lowest BCUT2D eigenvalue weighted by atomic mass is 9.86. The van der Waals surface area contributed by atoms with Crippen molar-refractivity contribution in [3.63, 3.8) is 0 Å². The maximum atomic E-state index is 3.63. The van der Waals surface area contributed by atoms with Gasteiger partial charge in [0, 0.05) is 11.4 Å². The largest absolute Gasteiger partial charge is 0.356 e. The van der Waals surface area contributed by atoms with Crippen molar-refractivity contribution in [2.75, 3.05) is 5.32 Å². The second kappa shape index (κ2) is 6.17. The Morgan fingerprint density at radius 2 is 1.86 bits per heavy atom. The lowest BCUT2D eigenvalue weighted by Gasteiger charge is -2.24. The van der Waals surface area contributed by atoms with Gasteiger partial charge in [0.15, 0.2) is 0 Å². The van der Waals surface area contributed by atoms with Crippen LogP contribution < -0.4 is 5.32 Å². The van der Waals surface area contributed by atoms with Crippen LogP contribution in [0.15, 0.2) is 65.9 Å². The average molecular weight is 277 g/mol. The molecule has 0 bridgehead atoms. The van der Waals surface area contributed by atoms with Gasteiger partial charge in [-0.15, -0.1) is 0 Å². The maximum Gasteiger partial charge on any atom is 0.0390 e. The Morgan fingerprint density at radius 3 is 2.62 bits per heavy atom. The Kier molecular flexibility index (Phi) is 4.10. The molecule has 2 aromatic carbocycles. The van der Waals surface area contributed by atoms with Gasteiger partial charge in [0.2, 0.25) is 0 Å². The summed E-state index contributed by atoms with van der Waals surface area (Å²) in [5.41, 5.74) is 4.04. The van der Waals surface area contributed by atoms with Crippen LogP contribution in [-0.4, -0.2) is 0 Å². The highest BCUT2D eigenvalue weighted by Gasteiger charge is 2.17. The standard InChI is InChI=1S/C20H23N/c1-3-15-10-7-11-20(19(15)4-2)21-18-13-12-16-8-5-6-9-17(16)14-18/h5-9,11-15,21H,3-4,10H2,1-2H3/t15-/m0/s1. The number of hydrogen-bond donors (Lipinski definition) is 1. The van der Waals surface area contributed by atoms with Crippen molar-refractivity contribution in [1.29, 1.82) is 0 Å². The molecule has 1 N–H and O–H groups in total. The molecule has 1 aliphatic rings. The zero-order chi connectivity index (χ0) is 14.7. The van der Waals surface area contributed by atoms with Gasteiger partial charge in [0.05, 0.1) is 0 Å². The molecule has 0 amide bonds. The summed E-state index contributed by atoms with van der Waals surface area (Å²) in [6.45, 7) is 4.55. The summed E-state index contributed by atoms with van der Waals surface area (Å²) in [4.78, 5) is 0. The molecule has 0 unspecified atom stereocenters. The smallest absolute Gasteiger partial charge is 0.0390 e. The third-order valence-corrected chi connectivity index (χ3v) is 4.45. The van der Waals surface area contributed by atoms with Crippen molar-refractivity contribution in [2.24, 2.45) is 5.92 Å². The fraction of sp³-hybridized carbons (Fsp3) is 0.300. The van der Waals surface area contributed by atoms with E-state index in [1.165, 1.54) is 35.0 Å². The van der Waals surface area contributed by atoms with E-state index in [0.717, 1.165) is 6.42 Å². The van der Waals surface area contributed by atoms with E-state index < -0.39 is 0 Å². The van der Waals surface area contributed by atoms with Gasteiger partial charge in [0.25, 0.3) is 0 Å². The Labute approximate surface area is 127 Å². The summed E-state index contributed by atoms with van der Waals surface area (Å²) >= 11 is 0. The molecule has 21 heavy (non-hydrogen) atoms. The molecule has 0 spiro atoms. The number of allylic oxidation sites excluding steroid dienone is 3. The minimum atomic E-state index is 0.697. The van der Waals surface area contributed by atoms with Crippen LogP contribution in [-0.2, 0) is 0 Å². The van der Waals surface area contributed by atoms with E-state index >= 15 is 0 Å². The highest BCUT2D eigenvalue weighted by Crippen LogP contribution is 2.31. The average Bonchev–Trinajstić information content (AvgIpc) is 2.54. The van der Waals surface area contributed by atoms with Crippen LogP contribution in [0, 0.1) is 5.92 Å². The van der Waals surface area contributed by atoms with E-state index in [0.29, 0.717) is 5.92 Å². The predicted octanol–water partition coefficient (Wildman–Crippen LogP) is 5.90. The van der Waals surface area contributed by atoms with Crippen molar-refractivity contribution in [3.05, 3.63) is 65.9 Å². The number of fused-ring (bicyclic) bond motifs is 1. The van der Waals surface area contributed by atoms with Crippen LogP contribution in [0.3, 0.4) is 0 Å². The van der Waals surface area contributed by atoms with Crippen LogP contribution >= 0.6 is 0 Å². The van der Waals surface area contributed by atoms with Crippen LogP contribution in [0.2, 0.25) is 0 Å². The summed E-state index contributed by atoms with van der Waals surface area (Å²) < 4.78 is 0. The Bertz CT molecular complexity index is 694. The van der Waals surface area contributed by atoms with Gasteiger partial charge in [-0.25, -0.2) is 0 Å². The summed E-state index contributed by atoms with van der Waals surface area (Å²) in [6.07, 6.45) is 8.08. The molecular formula is C20H23N. The molecule has 0 heterocycles. The second-order valence-corrected chi connectivity index (χ2v) is 5.72. The summed E-state index contributed by atoms with van der Waals surface area (Å²) in [5.74, 6) is 0.697. The Morgan fingerprint density at radius 1 is 1.05 bits per heavy atom. The monoisotopic (exact) mass is 277 g/mol. The molecule has 0 saturated carbocycles. The molecule has 0 fully saturated rings. The van der Waals surface area contributed by atoms with Crippen LogP contribution in [0.25, 0.3) is 10.8 Å². The molecule has 108 valence electrons.